The van der Waals surface area contributed by atoms with Crippen molar-refractivity contribution in [3.63, 3.8) is 0 Å². The predicted molar refractivity (Wildman–Crippen MR) is 112 cm³/mol. The highest BCUT2D eigenvalue weighted by atomic mass is 16.4. The van der Waals surface area contributed by atoms with Gasteiger partial charge >= 0.3 is 17.9 Å². The van der Waals surface area contributed by atoms with Crippen molar-refractivity contribution >= 4 is 41.5 Å². The molecule has 33 heavy (non-hydrogen) atoms. The molecule has 0 aliphatic rings. The van der Waals surface area contributed by atoms with Crippen LogP contribution in [0.1, 0.15) is 6.42 Å². The minimum Gasteiger partial charge on any atom is -0.481 e. The zero-order valence-electron chi connectivity index (χ0n) is 17.7. The van der Waals surface area contributed by atoms with Gasteiger partial charge in [-0.15, -0.1) is 0 Å². The first kappa shape index (κ1) is 39.6. The number of carbonyl (C=O) groups excluding carboxylic acids is 4. The van der Waals surface area contributed by atoms with Gasteiger partial charge in [0.1, 0.15) is 6.42 Å². The van der Waals surface area contributed by atoms with Gasteiger partial charge in [-0.25, -0.2) is 0 Å². The van der Waals surface area contributed by atoms with E-state index in [1.807, 2.05) is 0 Å². The van der Waals surface area contributed by atoms with Crippen molar-refractivity contribution < 1.29 is 48.9 Å². The zero-order chi connectivity index (χ0) is 27.4. The second-order valence-electron chi connectivity index (χ2n) is 4.69. The Hall–Kier alpha value is -3.91. The average Bonchev–Trinajstić information content (AvgIpc) is 2.70. The number of nitrogens with two attached hydrogens (primary N) is 7. The molecule has 19 heteroatoms. The second-order valence-corrected chi connectivity index (χ2v) is 4.69. The fourth-order valence-electron chi connectivity index (χ4n) is 0.645. The van der Waals surface area contributed by atoms with Crippen LogP contribution in [-0.4, -0.2) is 96.2 Å². The molecule has 0 radical (unpaired) electrons. The first-order valence-electron chi connectivity index (χ1n) is 8.40. The third-order valence-electron chi connectivity index (χ3n) is 1.77. The number of nitrogens with one attached hydrogen (secondary N) is 2. The molecule has 194 valence electrons. The van der Waals surface area contributed by atoms with E-state index in [-0.39, 0.29) is 51.2 Å². The van der Waals surface area contributed by atoms with E-state index in [9.17, 15) is 33.6 Å². The van der Waals surface area contributed by atoms with Crippen molar-refractivity contribution in [3.8, 4) is 0 Å². The predicted octanol–water partition coefficient (Wildman–Crippen LogP) is -7.47. The number of hydrogen-bond donors (Lipinski definition) is 12. The summed E-state index contributed by atoms with van der Waals surface area (Å²) < 4.78 is 0. The fraction of sp³-hybridized carbons (Fsp3) is 0.500. The summed E-state index contributed by atoms with van der Waals surface area (Å²) >= 11 is 0. The van der Waals surface area contributed by atoms with Gasteiger partial charge in [0.25, 0.3) is 0 Å². The molecule has 0 aromatic carbocycles. The Morgan fingerprint density at radius 3 is 0.879 bits per heavy atom. The molecule has 0 spiro atoms. The molecule has 0 unspecified atom stereocenters. The number of rotatable bonds is 9. The normalized spacial score (nSPS) is 8.03. The van der Waals surface area contributed by atoms with Crippen LogP contribution in [0.15, 0.2) is 0 Å². The maximum atomic E-state index is 10.3. The van der Waals surface area contributed by atoms with E-state index in [0.29, 0.717) is 0 Å². The maximum Gasteiger partial charge on any atom is 0.317 e. The lowest BCUT2D eigenvalue weighted by atomic mass is 10.5. The molecule has 0 heterocycles. The number of carboxylic acids is 3. The minimum atomic E-state index is -1.31. The van der Waals surface area contributed by atoms with Crippen molar-refractivity contribution in [2.45, 2.75) is 6.42 Å². The summed E-state index contributed by atoms with van der Waals surface area (Å²) in [5.41, 5.74) is 33.0. The van der Waals surface area contributed by atoms with Crippen molar-refractivity contribution in [1.29, 1.82) is 0 Å². The topological polar surface area (TPSA) is 386 Å². The monoisotopic (exact) mass is 487 g/mol. The smallest absolute Gasteiger partial charge is 0.317 e. The Labute approximate surface area is 187 Å². The zero-order valence-corrected chi connectivity index (χ0v) is 17.7. The Bertz CT molecular complexity index is 560. The molecule has 0 aliphatic heterocycles. The van der Waals surface area contributed by atoms with Crippen LogP contribution in [0.2, 0.25) is 0 Å². The third-order valence-corrected chi connectivity index (χ3v) is 1.77. The largest absolute Gasteiger partial charge is 0.481 e. The van der Waals surface area contributed by atoms with E-state index in [1.54, 1.807) is 0 Å². The minimum absolute atomic E-state index is 0.118. The van der Waals surface area contributed by atoms with Crippen LogP contribution < -0.4 is 50.8 Å². The Kier molecular flexibility index (Phi) is 36.3. The number of primary amides is 2. The standard InChI is InChI=1S/2C4H9N3O2.C3H4O4.C2H5NO2.CH6N2/c2*5-1-4(9)7-2-3(6)8;4-2(5)1-3(6)7;3-1-2(4)5;2-1-3/h2*1-2,5H2,(H2,6,8)(H,7,9);1H2,(H,4,5)(H,6,7);1,3H2,(H,4,5);1-3H2. The van der Waals surface area contributed by atoms with E-state index < -0.39 is 36.1 Å². The van der Waals surface area contributed by atoms with Gasteiger partial charge in [-0.3, -0.25) is 33.6 Å². The van der Waals surface area contributed by atoms with Crippen molar-refractivity contribution in [2.75, 3.05) is 39.4 Å². The molecule has 0 saturated heterocycles. The van der Waals surface area contributed by atoms with Crippen molar-refractivity contribution in [2.24, 2.45) is 40.1 Å². The van der Waals surface area contributed by atoms with Gasteiger partial charge in [0, 0.05) is 6.67 Å². The van der Waals surface area contributed by atoms with Crippen molar-refractivity contribution in [1.82, 2.24) is 10.6 Å². The third kappa shape index (κ3) is 73.9. The molecular weight excluding hydrogens is 454 g/mol. The van der Waals surface area contributed by atoms with E-state index in [4.69, 9.17) is 38.3 Å². The first-order chi connectivity index (χ1) is 15.1. The van der Waals surface area contributed by atoms with Crippen LogP contribution in [0.25, 0.3) is 0 Å². The Morgan fingerprint density at radius 2 is 0.788 bits per heavy atom. The van der Waals surface area contributed by atoms with Gasteiger partial charge in [0.15, 0.2) is 0 Å². The summed E-state index contributed by atoms with van der Waals surface area (Å²) in [5, 5.41) is 27.4. The molecule has 0 aliphatic carbocycles. The maximum absolute atomic E-state index is 10.3. The average molecular weight is 487 g/mol. The molecule has 0 rings (SSSR count). The fourth-order valence-corrected chi connectivity index (χ4v) is 0.645. The Morgan fingerprint density at radius 1 is 0.545 bits per heavy atom. The van der Waals surface area contributed by atoms with Crippen LogP contribution in [0.3, 0.4) is 0 Å². The van der Waals surface area contributed by atoms with Gasteiger partial charge < -0.3 is 66.1 Å². The van der Waals surface area contributed by atoms with Gasteiger partial charge in [-0.1, -0.05) is 0 Å². The number of amides is 4. The molecule has 0 aromatic heterocycles. The van der Waals surface area contributed by atoms with Gasteiger partial charge in [0.2, 0.25) is 23.6 Å². The van der Waals surface area contributed by atoms with Crippen LogP contribution in [0.5, 0.6) is 0 Å². The van der Waals surface area contributed by atoms with E-state index in [2.05, 4.69) is 27.8 Å². The van der Waals surface area contributed by atoms with Crippen LogP contribution in [-0.2, 0) is 33.6 Å². The highest BCUT2D eigenvalue weighted by Crippen LogP contribution is 1.74. The lowest BCUT2D eigenvalue weighted by Crippen LogP contribution is -2.36. The molecule has 19 nitrogen and oxygen atoms in total. The molecule has 0 fully saturated rings. The van der Waals surface area contributed by atoms with Crippen LogP contribution >= 0.6 is 0 Å². The van der Waals surface area contributed by atoms with Crippen LogP contribution in [0.4, 0.5) is 0 Å². The lowest BCUT2D eigenvalue weighted by Gasteiger charge is -1.96. The summed E-state index contributed by atoms with van der Waals surface area (Å²) in [6.45, 7) is -0.549. The highest BCUT2D eigenvalue weighted by molar-refractivity contribution is 5.88. The lowest BCUT2D eigenvalue weighted by molar-refractivity contribution is -0.147. The molecule has 0 bridgehead atoms. The summed E-state index contributed by atoms with van der Waals surface area (Å²) in [5.74, 6) is -5.50. The number of aliphatic carboxylic acids is 3. The first-order valence-corrected chi connectivity index (χ1v) is 8.40. The summed E-state index contributed by atoms with van der Waals surface area (Å²) in [4.78, 5) is 68.6. The van der Waals surface area contributed by atoms with E-state index in [0.717, 1.165) is 0 Å². The van der Waals surface area contributed by atoms with E-state index >= 15 is 0 Å². The molecule has 4 amide bonds. The molecule has 0 atom stereocenters. The van der Waals surface area contributed by atoms with E-state index in [1.165, 1.54) is 0 Å². The molecule has 0 saturated carbocycles. The van der Waals surface area contributed by atoms with Gasteiger partial charge in [0.05, 0.1) is 32.7 Å². The van der Waals surface area contributed by atoms with Crippen LogP contribution in [0, 0.1) is 0 Å². The molecular formula is C14H33N9O10. The second kappa shape index (κ2) is 30.3. The summed E-state index contributed by atoms with van der Waals surface area (Å²) in [6, 6.07) is 0. The number of carboxylic acid groups (broad SMARTS) is 3. The van der Waals surface area contributed by atoms with Crippen molar-refractivity contribution in [3.05, 3.63) is 0 Å². The van der Waals surface area contributed by atoms with Gasteiger partial charge in [-0.05, 0) is 0 Å². The SMILES string of the molecule is NCC(=O)NCC(N)=O.NCC(=O)NCC(N)=O.NCC(=O)O.NCN.O=C(O)CC(=O)O. The number of hydrogen-bond acceptors (Lipinski definition) is 12. The summed E-state index contributed by atoms with van der Waals surface area (Å²) in [6.07, 6.45) is -0.806. The highest BCUT2D eigenvalue weighted by Gasteiger charge is 2.01. The summed E-state index contributed by atoms with van der Waals surface area (Å²) in [7, 11) is 0. The van der Waals surface area contributed by atoms with Gasteiger partial charge in [-0.2, -0.15) is 0 Å². The quantitative estimate of drug-likeness (QED) is 0.106. The molecule has 19 N–H and O–H groups in total. The molecule has 0 aromatic rings. The number of carbonyl (C=O) groups is 7. The Balaban J connectivity index is -0.000000103.